The van der Waals surface area contributed by atoms with E-state index in [9.17, 15) is 0 Å². The lowest BCUT2D eigenvalue weighted by Crippen LogP contribution is -2.13. The smallest absolute Gasteiger partial charge is 0.0342 e. The van der Waals surface area contributed by atoms with Crippen LogP contribution in [0.4, 0.5) is 11.4 Å². The van der Waals surface area contributed by atoms with Crippen molar-refractivity contribution in [2.45, 2.75) is 52.6 Å². The van der Waals surface area contributed by atoms with Gasteiger partial charge in [0.2, 0.25) is 0 Å². The van der Waals surface area contributed by atoms with Gasteiger partial charge in [-0.1, -0.05) is 38.1 Å². The van der Waals surface area contributed by atoms with Crippen LogP contribution < -0.4 is 10.6 Å². The predicted molar refractivity (Wildman–Crippen MR) is 98.6 cm³/mol. The molecule has 2 rings (SSSR count). The summed E-state index contributed by atoms with van der Waals surface area (Å²) in [5.41, 5.74) is 4.89. The average Bonchev–Trinajstić information content (AvgIpc) is 2.56. The summed E-state index contributed by atoms with van der Waals surface area (Å²) in [6, 6.07) is 18.4. The maximum absolute atomic E-state index is 3.50. The van der Waals surface area contributed by atoms with Crippen LogP contribution in [-0.4, -0.2) is 12.1 Å². The standard InChI is InChI=1S/C20H28N2/c1-5-15(3)21-19-11-7-17(8-12-19)18-9-13-20(14-10-18)22-16(4)6-2/h7-16,21-22H,5-6H2,1-4H3. The van der Waals surface area contributed by atoms with Gasteiger partial charge < -0.3 is 10.6 Å². The summed E-state index contributed by atoms with van der Waals surface area (Å²) in [5, 5.41) is 6.99. The van der Waals surface area contributed by atoms with Crippen molar-refractivity contribution >= 4 is 11.4 Å². The van der Waals surface area contributed by atoms with Crippen molar-refractivity contribution in [3.05, 3.63) is 48.5 Å². The van der Waals surface area contributed by atoms with Crippen LogP contribution in [0.15, 0.2) is 48.5 Å². The molecule has 0 aliphatic heterocycles. The Balaban J connectivity index is 2.05. The van der Waals surface area contributed by atoms with Gasteiger partial charge in [0.25, 0.3) is 0 Å². The van der Waals surface area contributed by atoms with E-state index in [1.807, 2.05) is 0 Å². The zero-order valence-electron chi connectivity index (χ0n) is 14.2. The maximum atomic E-state index is 3.50. The van der Waals surface area contributed by atoms with Gasteiger partial charge in [-0.05, 0) is 62.1 Å². The molecular weight excluding hydrogens is 268 g/mol. The summed E-state index contributed by atoms with van der Waals surface area (Å²) in [5.74, 6) is 0. The third-order valence-corrected chi connectivity index (χ3v) is 4.15. The fourth-order valence-electron chi connectivity index (χ4n) is 2.29. The van der Waals surface area contributed by atoms with Crippen LogP contribution in [0, 0.1) is 0 Å². The minimum atomic E-state index is 0.511. The first-order valence-electron chi connectivity index (χ1n) is 8.36. The molecule has 0 bridgehead atoms. The Labute approximate surface area is 135 Å². The summed E-state index contributed by atoms with van der Waals surface area (Å²) in [7, 11) is 0. The first kappa shape index (κ1) is 16.4. The second-order valence-corrected chi connectivity index (χ2v) is 6.06. The number of rotatable bonds is 7. The quantitative estimate of drug-likeness (QED) is 0.677. The summed E-state index contributed by atoms with van der Waals surface area (Å²) >= 11 is 0. The zero-order chi connectivity index (χ0) is 15.9. The van der Waals surface area contributed by atoms with Crippen molar-refractivity contribution < 1.29 is 0 Å². The molecular formula is C20H28N2. The third kappa shape index (κ3) is 4.52. The van der Waals surface area contributed by atoms with E-state index in [1.165, 1.54) is 22.5 Å². The molecule has 2 aromatic rings. The molecule has 0 fully saturated rings. The molecule has 2 heteroatoms. The molecule has 0 radical (unpaired) electrons. The molecule has 2 aromatic carbocycles. The van der Waals surface area contributed by atoms with Crippen LogP contribution in [0.25, 0.3) is 11.1 Å². The minimum Gasteiger partial charge on any atom is -0.383 e. The monoisotopic (exact) mass is 296 g/mol. The van der Waals surface area contributed by atoms with Crippen molar-refractivity contribution in [1.29, 1.82) is 0 Å². The molecule has 0 aromatic heterocycles. The minimum absolute atomic E-state index is 0.511. The molecule has 0 heterocycles. The molecule has 2 atom stereocenters. The second kappa shape index (κ2) is 7.88. The van der Waals surface area contributed by atoms with Crippen molar-refractivity contribution in [1.82, 2.24) is 0 Å². The van der Waals surface area contributed by atoms with Gasteiger partial charge in [-0.2, -0.15) is 0 Å². The van der Waals surface area contributed by atoms with Crippen LogP contribution in [0.5, 0.6) is 0 Å². The SMILES string of the molecule is CCC(C)Nc1ccc(-c2ccc(NC(C)CC)cc2)cc1. The van der Waals surface area contributed by atoms with E-state index < -0.39 is 0 Å². The highest BCUT2D eigenvalue weighted by atomic mass is 14.9. The van der Waals surface area contributed by atoms with Crippen molar-refractivity contribution in [3.63, 3.8) is 0 Å². The van der Waals surface area contributed by atoms with E-state index in [2.05, 4.69) is 86.9 Å². The molecule has 2 N–H and O–H groups in total. The summed E-state index contributed by atoms with van der Waals surface area (Å²) in [4.78, 5) is 0. The van der Waals surface area contributed by atoms with Gasteiger partial charge in [0.15, 0.2) is 0 Å². The van der Waals surface area contributed by atoms with Gasteiger partial charge in [0.1, 0.15) is 0 Å². The lowest BCUT2D eigenvalue weighted by molar-refractivity contribution is 0.764. The number of nitrogens with one attached hydrogen (secondary N) is 2. The molecule has 0 amide bonds. The molecule has 2 unspecified atom stereocenters. The third-order valence-electron chi connectivity index (χ3n) is 4.15. The van der Waals surface area contributed by atoms with Gasteiger partial charge in [-0.3, -0.25) is 0 Å². The summed E-state index contributed by atoms with van der Waals surface area (Å²) in [6.07, 6.45) is 2.26. The number of anilines is 2. The Morgan fingerprint density at radius 1 is 0.636 bits per heavy atom. The van der Waals surface area contributed by atoms with Crippen molar-refractivity contribution in [3.8, 4) is 11.1 Å². The Morgan fingerprint density at radius 2 is 0.955 bits per heavy atom. The van der Waals surface area contributed by atoms with Gasteiger partial charge >= 0.3 is 0 Å². The highest BCUT2D eigenvalue weighted by Gasteiger charge is 2.02. The lowest BCUT2D eigenvalue weighted by Gasteiger charge is -2.14. The van der Waals surface area contributed by atoms with Crippen LogP contribution in [0.2, 0.25) is 0 Å². The zero-order valence-corrected chi connectivity index (χ0v) is 14.2. The molecule has 0 spiro atoms. The van der Waals surface area contributed by atoms with E-state index in [4.69, 9.17) is 0 Å². The molecule has 2 nitrogen and oxygen atoms in total. The van der Waals surface area contributed by atoms with E-state index in [0.29, 0.717) is 12.1 Å². The first-order valence-corrected chi connectivity index (χ1v) is 8.36. The molecule has 0 aliphatic carbocycles. The molecule has 0 saturated heterocycles. The molecule has 0 saturated carbocycles. The number of hydrogen-bond donors (Lipinski definition) is 2. The Morgan fingerprint density at radius 3 is 1.23 bits per heavy atom. The maximum Gasteiger partial charge on any atom is 0.0342 e. The fraction of sp³-hybridized carbons (Fsp3) is 0.400. The highest BCUT2D eigenvalue weighted by Crippen LogP contribution is 2.24. The van der Waals surface area contributed by atoms with E-state index >= 15 is 0 Å². The number of hydrogen-bond acceptors (Lipinski definition) is 2. The van der Waals surface area contributed by atoms with Crippen molar-refractivity contribution in [2.75, 3.05) is 10.6 Å². The van der Waals surface area contributed by atoms with Crippen LogP contribution in [0.3, 0.4) is 0 Å². The fourth-order valence-corrected chi connectivity index (χ4v) is 2.29. The van der Waals surface area contributed by atoms with Crippen LogP contribution in [-0.2, 0) is 0 Å². The molecule has 0 aliphatic rings. The average molecular weight is 296 g/mol. The Bertz CT molecular complexity index is 504. The van der Waals surface area contributed by atoms with Crippen LogP contribution >= 0.6 is 0 Å². The number of benzene rings is 2. The predicted octanol–water partition coefficient (Wildman–Crippen LogP) is 5.77. The second-order valence-electron chi connectivity index (χ2n) is 6.06. The largest absolute Gasteiger partial charge is 0.383 e. The van der Waals surface area contributed by atoms with Gasteiger partial charge in [0.05, 0.1) is 0 Å². The van der Waals surface area contributed by atoms with Gasteiger partial charge in [0, 0.05) is 23.5 Å². The van der Waals surface area contributed by atoms with E-state index in [1.54, 1.807) is 0 Å². The van der Waals surface area contributed by atoms with E-state index in [0.717, 1.165) is 12.8 Å². The topological polar surface area (TPSA) is 24.1 Å². The molecule has 118 valence electrons. The summed E-state index contributed by atoms with van der Waals surface area (Å²) in [6.45, 7) is 8.80. The Hall–Kier alpha value is -1.96. The molecule has 22 heavy (non-hydrogen) atoms. The van der Waals surface area contributed by atoms with Crippen LogP contribution in [0.1, 0.15) is 40.5 Å². The highest BCUT2D eigenvalue weighted by molar-refractivity contribution is 5.68. The van der Waals surface area contributed by atoms with E-state index in [-0.39, 0.29) is 0 Å². The lowest BCUT2D eigenvalue weighted by atomic mass is 10.0. The van der Waals surface area contributed by atoms with Gasteiger partial charge in [-0.15, -0.1) is 0 Å². The first-order chi connectivity index (χ1) is 10.6. The Kier molecular flexibility index (Phi) is 5.88. The summed E-state index contributed by atoms with van der Waals surface area (Å²) < 4.78 is 0. The normalized spacial score (nSPS) is 13.5. The van der Waals surface area contributed by atoms with Gasteiger partial charge in [-0.25, -0.2) is 0 Å². The van der Waals surface area contributed by atoms with Crippen molar-refractivity contribution in [2.24, 2.45) is 0 Å².